The van der Waals surface area contributed by atoms with Crippen LogP contribution in [0.3, 0.4) is 0 Å². The molecule has 0 spiro atoms. The standard InChI is InChI=1S/C18H20O3/c1-2-21-17(19)18(20,16-11-7-4-8-12-16)14-13-15-9-5-3-6-10-15/h3-12,20H,2,13-14H2,1H3. The lowest BCUT2D eigenvalue weighted by Gasteiger charge is -2.26. The molecule has 0 aliphatic carbocycles. The summed E-state index contributed by atoms with van der Waals surface area (Å²) >= 11 is 0. The normalized spacial score (nSPS) is 13.4. The average Bonchev–Trinajstić information content (AvgIpc) is 2.54. The monoisotopic (exact) mass is 284 g/mol. The Bertz CT molecular complexity index is 566. The second-order valence-electron chi connectivity index (χ2n) is 4.93. The smallest absolute Gasteiger partial charge is 0.342 e. The Morgan fingerprint density at radius 3 is 2.19 bits per heavy atom. The predicted octanol–water partition coefficient (Wildman–Crippen LogP) is 3.07. The first-order valence-electron chi connectivity index (χ1n) is 7.16. The summed E-state index contributed by atoms with van der Waals surface area (Å²) in [5, 5.41) is 10.9. The van der Waals surface area contributed by atoms with Crippen LogP contribution in [0, 0.1) is 0 Å². The molecule has 2 rings (SSSR count). The zero-order valence-electron chi connectivity index (χ0n) is 12.2. The highest BCUT2D eigenvalue weighted by Crippen LogP contribution is 2.28. The van der Waals surface area contributed by atoms with Crippen molar-refractivity contribution in [3.05, 3.63) is 71.8 Å². The highest BCUT2D eigenvalue weighted by molar-refractivity contribution is 5.81. The van der Waals surface area contributed by atoms with E-state index in [-0.39, 0.29) is 6.61 Å². The van der Waals surface area contributed by atoms with E-state index in [4.69, 9.17) is 4.74 Å². The van der Waals surface area contributed by atoms with Crippen LogP contribution < -0.4 is 0 Å². The lowest BCUT2D eigenvalue weighted by atomic mass is 9.87. The van der Waals surface area contributed by atoms with Crippen molar-refractivity contribution in [2.75, 3.05) is 6.61 Å². The Morgan fingerprint density at radius 2 is 1.62 bits per heavy atom. The van der Waals surface area contributed by atoms with Crippen LogP contribution in [0.5, 0.6) is 0 Å². The van der Waals surface area contributed by atoms with Gasteiger partial charge < -0.3 is 9.84 Å². The van der Waals surface area contributed by atoms with Gasteiger partial charge in [-0.1, -0.05) is 60.7 Å². The zero-order valence-corrected chi connectivity index (χ0v) is 12.2. The summed E-state index contributed by atoms with van der Waals surface area (Å²) < 4.78 is 5.06. The van der Waals surface area contributed by atoms with Gasteiger partial charge in [-0.2, -0.15) is 0 Å². The first-order chi connectivity index (χ1) is 10.2. The molecule has 1 unspecified atom stereocenters. The lowest BCUT2D eigenvalue weighted by Crippen LogP contribution is -2.38. The molecule has 1 N–H and O–H groups in total. The van der Waals surface area contributed by atoms with Crippen LogP contribution in [-0.4, -0.2) is 17.7 Å². The van der Waals surface area contributed by atoms with Gasteiger partial charge in [-0.3, -0.25) is 0 Å². The maximum Gasteiger partial charge on any atom is 0.342 e. The minimum Gasteiger partial charge on any atom is -0.464 e. The van der Waals surface area contributed by atoms with Crippen LogP contribution >= 0.6 is 0 Å². The number of aryl methyl sites for hydroxylation is 1. The lowest BCUT2D eigenvalue weighted by molar-refractivity contribution is -0.167. The molecule has 0 heterocycles. The van der Waals surface area contributed by atoms with Crippen LogP contribution in [0.2, 0.25) is 0 Å². The van der Waals surface area contributed by atoms with Crippen LogP contribution in [0.4, 0.5) is 0 Å². The quantitative estimate of drug-likeness (QED) is 0.829. The molecular formula is C18H20O3. The number of hydrogen-bond acceptors (Lipinski definition) is 3. The fourth-order valence-corrected chi connectivity index (χ4v) is 2.30. The fourth-order valence-electron chi connectivity index (χ4n) is 2.30. The summed E-state index contributed by atoms with van der Waals surface area (Å²) in [4.78, 5) is 12.2. The molecule has 2 aromatic carbocycles. The molecule has 3 nitrogen and oxygen atoms in total. The molecule has 0 aliphatic heterocycles. The number of benzene rings is 2. The molecule has 0 saturated carbocycles. The molecular weight excluding hydrogens is 264 g/mol. The summed E-state index contributed by atoms with van der Waals surface area (Å²) in [6.07, 6.45) is 0.894. The molecule has 1 atom stereocenters. The number of aliphatic hydroxyl groups is 1. The summed E-state index contributed by atoms with van der Waals surface area (Å²) in [6, 6.07) is 18.8. The van der Waals surface area contributed by atoms with Crippen molar-refractivity contribution >= 4 is 5.97 Å². The zero-order chi connectivity index (χ0) is 15.1. The van der Waals surface area contributed by atoms with Crippen molar-refractivity contribution < 1.29 is 14.6 Å². The summed E-state index contributed by atoms with van der Waals surface area (Å²) in [5.74, 6) is -0.591. The maximum atomic E-state index is 12.2. The first kappa shape index (κ1) is 15.3. The van der Waals surface area contributed by atoms with E-state index in [9.17, 15) is 9.90 Å². The van der Waals surface area contributed by atoms with Gasteiger partial charge in [0.05, 0.1) is 6.61 Å². The molecule has 0 amide bonds. The van der Waals surface area contributed by atoms with Crippen molar-refractivity contribution in [3.63, 3.8) is 0 Å². The van der Waals surface area contributed by atoms with Gasteiger partial charge in [0.15, 0.2) is 5.60 Å². The maximum absolute atomic E-state index is 12.2. The van der Waals surface area contributed by atoms with Crippen LogP contribution in [0.25, 0.3) is 0 Å². The summed E-state index contributed by atoms with van der Waals surface area (Å²) in [7, 11) is 0. The van der Waals surface area contributed by atoms with E-state index in [1.54, 1.807) is 19.1 Å². The number of rotatable bonds is 6. The van der Waals surface area contributed by atoms with Gasteiger partial charge in [-0.15, -0.1) is 0 Å². The van der Waals surface area contributed by atoms with Gasteiger partial charge in [0.2, 0.25) is 0 Å². The van der Waals surface area contributed by atoms with Crippen LogP contribution in [0.1, 0.15) is 24.5 Å². The molecule has 3 heteroatoms. The van der Waals surface area contributed by atoms with E-state index >= 15 is 0 Å². The fraction of sp³-hybridized carbons (Fsp3) is 0.278. The molecule has 0 fully saturated rings. The first-order valence-corrected chi connectivity index (χ1v) is 7.16. The van der Waals surface area contributed by atoms with Crippen molar-refractivity contribution in [1.29, 1.82) is 0 Å². The number of ether oxygens (including phenoxy) is 1. The van der Waals surface area contributed by atoms with Crippen molar-refractivity contribution in [3.8, 4) is 0 Å². The molecule has 0 aromatic heterocycles. The Morgan fingerprint density at radius 1 is 1.05 bits per heavy atom. The van der Waals surface area contributed by atoms with Gasteiger partial charge in [0.25, 0.3) is 0 Å². The number of carbonyl (C=O) groups is 1. The van der Waals surface area contributed by atoms with Crippen LogP contribution in [-0.2, 0) is 21.6 Å². The highest BCUT2D eigenvalue weighted by atomic mass is 16.5. The highest BCUT2D eigenvalue weighted by Gasteiger charge is 2.38. The Labute approximate surface area is 125 Å². The minimum atomic E-state index is -1.60. The molecule has 0 radical (unpaired) electrons. The largest absolute Gasteiger partial charge is 0.464 e. The van der Waals surface area contributed by atoms with Crippen molar-refractivity contribution in [2.45, 2.75) is 25.4 Å². The molecule has 0 saturated heterocycles. The van der Waals surface area contributed by atoms with E-state index in [0.29, 0.717) is 18.4 Å². The average molecular weight is 284 g/mol. The van der Waals surface area contributed by atoms with E-state index in [1.165, 1.54) is 0 Å². The minimum absolute atomic E-state index is 0.249. The van der Waals surface area contributed by atoms with Gasteiger partial charge in [-0.05, 0) is 30.9 Å². The summed E-state index contributed by atoms with van der Waals surface area (Å²) in [6.45, 7) is 1.99. The van der Waals surface area contributed by atoms with Crippen molar-refractivity contribution in [2.24, 2.45) is 0 Å². The molecule has 21 heavy (non-hydrogen) atoms. The Balaban J connectivity index is 2.22. The Hall–Kier alpha value is -2.13. The van der Waals surface area contributed by atoms with E-state index in [2.05, 4.69) is 0 Å². The third kappa shape index (κ3) is 3.70. The van der Waals surface area contributed by atoms with E-state index in [0.717, 1.165) is 5.56 Å². The van der Waals surface area contributed by atoms with Crippen molar-refractivity contribution in [1.82, 2.24) is 0 Å². The SMILES string of the molecule is CCOC(=O)C(O)(CCc1ccccc1)c1ccccc1. The van der Waals surface area contributed by atoms with E-state index in [1.807, 2.05) is 48.5 Å². The van der Waals surface area contributed by atoms with Crippen LogP contribution in [0.15, 0.2) is 60.7 Å². The molecule has 110 valence electrons. The Kier molecular flexibility index (Phi) is 5.12. The van der Waals surface area contributed by atoms with Gasteiger partial charge in [0.1, 0.15) is 0 Å². The summed E-state index contributed by atoms with van der Waals surface area (Å²) in [5.41, 5.74) is 0.0446. The van der Waals surface area contributed by atoms with Gasteiger partial charge in [0, 0.05) is 0 Å². The molecule has 2 aromatic rings. The third-order valence-electron chi connectivity index (χ3n) is 3.48. The van der Waals surface area contributed by atoms with Gasteiger partial charge >= 0.3 is 5.97 Å². The molecule has 0 bridgehead atoms. The third-order valence-corrected chi connectivity index (χ3v) is 3.48. The molecule has 0 aliphatic rings. The number of esters is 1. The van der Waals surface area contributed by atoms with Gasteiger partial charge in [-0.25, -0.2) is 4.79 Å². The topological polar surface area (TPSA) is 46.5 Å². The number of carbonyl (C=O) groups excluding carboxylic acids is 1. The van der Waals surface area contributed by atoms with E-state index < -0.39 is 11.6 Å². The second kappa shape index (κ2) is 7.04. The second-order valence-corrected chi connectivity index (χ2v) is 4.93. The number of hydrogen-bond donors (Lipinski definition) is 1. The predicted molar refractivity (Wildman–Crippen MR) is 81.7 cm³/mol.